The second-order valence-electron chi connectivity index (χ2n) is 17.1. The average molecular weight is 935 g/mol. The summed E-state index contributed by atoms with van der Waals surface area (Å²) in [6, 6.07) is 34.3. The maximum absolute atomic E-state index is 13.9. The summed E-state index contributed by atoms with van der Waals surface area (Å²) in [5.74, 6) is -3.79. The predicted molar refractivity (Wildman–Crippen MR) is 256 cm³/mol. The summed E-state index contributed by atoms with van der Waals surface area (Å²) in [6.07, 6.45) is 6.05. The topological polar surface area (TPSA) is 175 Å². The molecule has 4 aliphatic rings. The lowest BCUT2D eigenvalue weighted by Gasteiger charge is -2.36. The number of hydrogen-bond acceptors (Lipinski definition) is 12. The second-order valence-corrected chi connectivity index (χ2v) is 19.4. The molecule has 68 heavy (non-hydrogen) atoms. The molecule has 10 rings (SSSR count). The van der Waals surface area contributed by atoms with E-state index < -0.39 is 35.8 Å². The summed E-state index contributed by atoms with van der Waals surface area (Å²) < 4.78 is 12.6. The van der Waals surface area contributed by atoms with Crippen molar-refractivity contribution in [3.05, 3.63) is 163 Å². The Labute approximate surface area is 397 Å². The maximum Gasteiger partial charge on any atom is 0.424 e. The van der Waals surface area contributed by atoms with Crippen molar-refractivity contribution >= 4 is 90.8 Å². The first-order valence-corrected chi connectivity index (χ1v) is 23.6. The van der Waals surface area contributed by atoms with Crippen molar-refractivity contribution in [2.75, 3.05) is 0 Å². The Kier molecular flexibility index (Phi) is 11.2. The van der Waals surface area contributed by atoms with Gasteiger partial charge in [-0.05, 0) is 131 Å². The highest BCUT2D eigenvalue weighted by Crippen LogP contribution is 2.58. The van der Waals surface area contributed by atoms with Gasteiger partial charge in [-0.25, -0.2) is 9.59 Å². The first-order valence-electron chi connectivity index (χ1n) is 21.9. The first kappa shape index (κ1) is 43.8. The van der Waals surface area contributed by atoms with Gasteiger partial charge in [0.05, 0.1) is 0 Å². The molecule has 2 aliphatic heterocycles. The second kappa shape index (κ2) is 17.3. The van der Waals surface area contributed by atoms with Gasteiger partial charge in [-0.2, -0.15) is 20.3 Å². The Balaban J connectivity index is 0.994. The highest BCUT2D eigenvalue weighted by molar-refractivity contribution is 7.20. The van der Waals surface area contributed by atoms with Gasteiger partial charge in [-0.3, -0.25) is 19.2 Å². The van der Waals surface area contributed by atoms with Crippen molar-refractivity contribution < 1.29 is 38.2 Å². The van der Waals surface area contributed by atoms with Gasteiger partial charge in [0.2, 0.25) is 0 Å². The predicted octanol–water partition coefficient (Wildman–Crippen LogP) is 11.2. The third-order valence-corrected chi connectivity index (χ3v) is 15.3. The minimum absolute atomic E-state index is 0.0450. The van der Waals surface area contributed by atoms with Crippen LogP contribution in [0, 0.1) is 22.7 Å². The number of carbonyl (C=O) groups is 6. The quantitative estimate of drug-likeness (QED) is 0.115. The third-order valence-electron chi connectivity index (χ3n) is 13.2. The highest BCUT2D eigenvalue weighted by Gasteiger charge is 2.45. The molecule has 0 bridgehead atoms. The SMILES string of the molecule is CC1=C(C#N)C(=O)N(C(=O)OCc2ccccc2)C(=O)/C1=C\c1cc2cc3c(cc2s1)-c1cc2sc(/C=C4/C(=O)N(C(=O)OCc5ccccc5)C(=O)C(C#N)=C4C)cc2cc1C31CCCCC1. The van der Waals surface area contributed by atoms with Crippen LogP contribution in [0.5, 0.6) is 0 Å². The number of imide groups is 6. The number of rotatable bonds is 6. The minimum atomic E-state index is -1.16. The molecule has 6 amide bonds. The smallest absolute Gasteiger partial charge is 0.424 e. The molecule has 4 heterocycles. The number of thiophene rings is 2. The number of ether oxygens (including phenoxy) is 2. The number of nitriles is 2. The van der Waals surface area contributed by atoms with Gasteiger partial charge in [0, 0.05) is 35.7 Å². The maximum atomic E-state index is 13.9. The zero-order valence-corrected chi connectivity index (χ0v) is 38.3. The minimum Gasteiger partial charge on any atom is -0.444 e. The molecular formula is C54H38N4O8S2. The van der Waals surface area contributed by atoms with Gasteiger partial charge in [0.15, 0.2) is 0 Å². The van der Waals surface area contributed by atoms with E-state index in [1.165, 1.54) is 47.6 Å². The fourth-order valence-electron chi connectivity index (χ4n) is 9.78. The van der Waals surface area contributed by atoms with Crippen molar-refractivity contribution in [2.24, 2.45) is 0 Å². The molecule has 1 saturated carbocycles. The lowest BCUT2D eigenvalue weighted by Crippen LogP contribution is -2.46. The van der Waals surface area contributed by atoms with Crippen molar-refractivity contribution in [3.8, 4) is 23.3 Å². The molecule has 0 saturated heterocycles. The van der Waals surface area contributed by atoms with Crippen LogP contribution in [0.4, 0.5) is 9.59 Å². The van der Waals surface area contributed by atoms with Crippen molar-refractivity contribution in [1.29, 1.82) is 10.5 Å². The van der Waals surface area contributed by atoms with E-state index in [0.29, 0.717) is 30.7 Å². The molecule has 0 unspecified atom stereocenters. The van der Waals surface area contributed by atoms with E-state index in [1.807, 2.05) is 36.4 Å². The Morgan fingerprint density at radius 3 is 1.41 bits per heavy atom. The van der Waals surface area contributed by atoms with E-state index in [9.17, 15) is 39.3 Å². The van der Waals surface area contributed by atoms with Crippen molar-refractivity contribution in [1.82, 2.24) is 9.80 Å². The molecule has 0 N–H and O–H groups in total. The van der Waals surface area contributed by atoms with Gasteiger partial charge in [0.1, 0.15) is 36.5 Å². The van der Waals surface area contributed by atoms with Gasteiger partial charge < -0.3 is 9.47 Å². The van der Waals surface area contributed by atoms with E-state index in [2.05, 4.69) is 24.3 Å². The lowest BCUT2D eigenvalue weighted by molar-refractivity contribution is -0.140. The normalized spacial score (nSPS) is 17.9. The Morgan fingerprint density at radius 1 is 0.603 bits per heavy atom. The standard InChI is InChI=1S/C54H38N4O8S2/c1-30-38(48(59)57(50(61)42(30)26-55)52(63)65-28-32-12-6-3-7-13-32)22-36-18-34-20-44-40(24-46(34)67-36)41-25-47-35(21-45(41)54(44)16-10-5-11-17-54)19-37(68-47)23-39-31(2)43(27-56)51(62)58(49(39)60)53(64)66-29-33-14-8-4-9-15-33/h3-4,6-9,12-15,18-25H,5,10-11,16-17,28-29H2,1-2H3/b38-22-,39-23+. The highest BCUT2D eigenvalue weighted by atomic mass is 32.1. The van der Waals surface area contributed by atoms with E-state index >= 15 is 0 Å². The molecule has 2 aromatic heterocycles. The van der Waals surface area contributed by atoms with Gasteiger partial charge in [-0.15, -0.1) is 22.7 Å². The number of amides is 6. The number of benzene rings is 4. The number of hydrogen-bond donors (Lipinski definition) is 0. The van der Waals surface area contributed by atoms with E-state index in [4.69, 9.17) is 9.47 Å². The van der Waals surface area contributed by atoms with Crippen LogP contribution in [0.25, 0.3) is 43.5 Å². The number of carbonyl (C=O) groups excluding carboxylic acids is 6. The summed E-state index contributed by atoms with van der Waals surface area (Å²) in [5, 5.41) is 21.9. The van der Waals surface area contributed by atoms with Crippen molar-refractivity contribution in [2.45, 2.75) is 64.6 Å². The van der Waals surface area contributed by atoms with Crippen LogP contribution in [0.15, 0.2) is 131 Å². The zero-order valence-electron chi connectivity index (χ0n) is 36.7. The van der Waals surface area contributed by atoms with Crippen LogP contribution in [-0.2, 0) is 47.3 Å². The van der Waals surface area contributed by atoms with Crippen LogP contribution >= 0.6 is 22.7 Å². The summed E-state index contributed by atoms with van der Waals surface area (Å²) >= 11 is 2.90. The van der Waals surface area contributed by atoms with Crippen molar-refractivity contribution in [3.63, 3.8) is 0 Å². The van der Waals surface area contributed by atoms with Crippen LogP contribution < -0.4 is 0 Å². The third kappa shape index (κ3) is 7.35. The van der Waals surface area contributed by atoms with Crippen LogP contribution in [0.1, 0.15) is 78.0 Å². The molecule has 334 valence electrons. The molecule has 6 aromatic rings. The molecule has 0 atom stereocenters. The van der Waals surface area contributed by atoms with Crippen LogP contribution in [-0.4, -0.2) is 45.6 Å². The summed E-state index contributed by atoms with van der Waals surface area (Å²) in [4.78, 5) is 83.1. The van der Waals surface area contributed by atoms with Crippen LogP contribution in [0.3, 0.4) is 0 Å². The number of fused-ring (bicyclic) bond motifs is 7. The Morgan fingerprint density at radius 2 is 1.01 bits per heavy atom. The molecule has 1 spiro atoms. The van der Waals surface area contributed by atoms with Crippen LogP contribution in [0.2, 0.25) is 0 Å². The Hall–Kier alpha value is -8.04. The van der Waals surface area contributed by atoms with E-state index in [1.54, 1.807) is 60.7 Å². The molecule has 0 radical (unpaired) electrons. The number of nitrogens with zero attached hydrogens (tertiary/aromatic N) is 4. The first-order chi connectivity index (χ1) is 32.9. The molecule has 12 nitrogen and oxygen atoms in total. The van der Waals surface area contributed by atoms with Gasteiger partial charge >= 0.3 is 12.2 Å². The summed E-state index contributed by atoms with van der Waals surface area (Å²) in [7, 11) is 0. The summed E-state index contributed by atoms with van der Waals surface area (Å²) in [6.45, 7) is 2.73. The van der Waals surface area contributed by atoms with E-state index in [0.717, 1.165) is 63.4 Å². The average Bonchev–Trinajstić information content (AvgIpc) is 4.01. The monoisotopic (exact) mass is 934 g/mol. The Bertz CT molecular complexity index is 3220. The fraction of sp³-hybridized carbons (Fsp3) is 0.185. The molecular weight excluding hydrogens is 897 g/mol. The zero-order chi connectivity index (χ0) is 47.4. The molecule has 2 aliphatic carbocycles. The summed E-state index contributed by atoms with van der Waals surface area (Å²) in [5.41, 5.74) is 5.55. The largest absolute Gasteiger partial charge is 0.444 e. The molecule has 4 aromatic carbocycles. The lowest BCUT2D eigenvalue weighted by atomic mass is 9.67. The van der Waals surface area contributed by atoms with E-state index in [-0.39, 0.29) is 52.1 Å². The fourth-order valence-corrected chi connectivity index (χ4v) is 11.8. The van der Waals surface area contributed by atoms with Gasteiger partial charge in [0.25, 0.3) is 23.6 Å². The van der Waals surface area contributed by atoms with Gasteiger partial charge in [-0.1, -0.05) is 79.9 Å². The molecule has 14 heteroatoms. The molecule has 1 fully saturated rings.